The molecule has 2 fully saturated rings. The van der Waals surface area contributed by atoms with Crippen molar-refractivity contribution in [2.75, 3.05) is 59.0 Å². The fourth-order valence-corrected chi connectivity index (χ4v) is 3.29. The largest absolute Gasteiger partial charge is 0.401 e. The predicted octanol–water partition coefficient (Wildman–Crippen LogP) is 0.968. The van der Waals surface area contributed by atoms with Crippen LogP contribution in [0.3, 0.4) is 0 Å². The van der Waals surface area contributed by atoms with E-state index in [9.17, 15) is 22.8 Å². The standard InChI is InChI=1S/C16H26F3N3O3/c1-2-25-11-14(23)21-5-3-13(4-6-21)15(24)22-9-7-20(8-10-22)12-16(17,18)19/h13H,2-12H2,1H3. The van der Waals surface area contributed by atoms with Crippen molar-refractivity contribution < 1.29 is 27.5 Å². The second-order valence-corrected chi connectivity index (χ2v) is 6.51. The lowest BCUT2D eigenvalue weighted by Gasteiger charge is -2.38. The van der Waals surface area contributed by atoms with Crippen LogP contribution in [0.25, 0.3) is 0 Å². The molecule has 0 aromatic carbocycles. The smallest absolute Gasteiger partial charge is 0.372 e. The number of piperidine rings is 1. The minimum absolute atomic E-state index is 0.00330. The third-order valence-corrected chi connectivity index (χ3v) is 4.71. The Bertz CT molecular complexity index is 457. The van der Waals surface area contributed by atoms with Crippen LogP contribution < -0.4 is 0 Å². The van der Waals surface area contributed by atoms with Crippen LogP contribution in [0.4, 0.5) is 13.2 Å². The van der Waals surface area contributed by atoms with E-state index in [-0.39, 0.29) is 37.4 Å². The van der Waals surface area contributed by atoms with Crippen LogP contribution in [0.15, 0.2) is 0 Å². The van der Waals surface area contributed by atoms with Crippen LogP contribution in [0, 0.1) is 5.92 Å². The summed E-state index contributed by atoms with van der Waals surface area (Å²) in [6.07, 6.45) is -3.01. The molecule has 9 heteroatoms. The highest BCUT2D eigenvalue weighted by molar-refractivity contribution is 5.80. The lowest BCUT2D eigenvalue weighted by molar-refractivity contribution is -0.154. The molecule has 2 amide bonds. The molecule has 0 aromatic heterocycles. The molecule has 0 atom stereocenters. The van der Waals surface area contributed by atoms with E-state index in [1.54, 1.807) is 9.80 Å². The number of nitrogens with zero attached hydrogens (tertiary/aromatic N) is 3. The minimum atomic E-state index is -4.20. The van der Waals surface area contributed by atoms with Gasteiger partial charge in [0.1, 0.15) is 6.61 Å². The average Bonchev–Trinajstić information content (AvgIpc) is 2.58. The number of rotatable bonds is 5. The van der Waals surface area contributed by atoms with Crippen molar-refractivity contribution in [1.29, 1.82) is 0 Å². The van der Waals surface area contributed by atoms with Gasteiger partial charge in [0, 0.05) is 51.8 Å². The number of carbonyl (C=O) groups excluding carboxylic acids is 2. The summed E-state index contributed by atoms with van der Waals surface area (Å²) < 4.78 is 42.3. The van der Waals surface area contributed by atoms with Crippen LogP contribution in [0.5, 0.6) is 0 Å². The van der Waals surface area contributed by atoms with Gasteiger partial charge in [0.25, 0.3) is 0 Å². The molecule has 0 N–H and O–H groups in total. The summed E-state index contributed by atoms with van der Waals surface area (Å²) in [5.74, 6) is -0.206. The quantitative estimate of drug-likeness (QED) is 0.729. The molecule has 2 rings (SSSR count). The van der Waals surface area contributed by atoms with Crippen LogP contribution in [-0.2, 0) is 14.3 Å². The van der Waals surface area contributed by atoms with Gasteiger partial charge in [-0.2, -0.15) is 13.2 Å². The average molecular weight is 365 g/mol. The Balaban J connectivity index is 1.73. The zero-order valence-electron chi connectivity index (χ0n) is 14.6. The highest BCUT2D eigenvalue weighted by atomic mass is 19.4. The molecule has 6 nitrogen and oxygen atoms in total. The van der Waals surface area contributed by atoms with Crippen molar-refractivity contribution in [1.82, 2.24) is 14.7 Å². The fourth-order valence-electron chi connectivity index (χ4n) is 3.29. The first-order valence-electron chi connectivity index (χ1n) is 8.73. The molecule has 0 unspecified atom stereocenters. The number of amides is 2. The Hall–Kier alpha value is -1.35. The van der Waals surface area contributed by atoms with Gasteiger partial charge in [-0.05, 0) is 19.8 Å². The van der Waals surface area contributed by atoms with Gasteiger partial charge in [0.15, 0.2) is 0 Å². The monoisotopic (exact) mass is 365 g/mol. The number of carbonyl (C=O) groups is 2. The Morgan fingerprint density at radius 3 is 2.12 bits per heavy atom. The number of ether oxygens (including phenoxy) is 1. The van der Waals surface area contributed by atoms with Gasteiger partial charge in [-0.1, -0.05) is 0 Å². The van der Waals surface area contributed by atoms with Crippen LogP contribution >= 0.6 is 0 Å². The first-order chi connectivity index (χ1) is 11.8. The maximum atomic E-state index is 12.6. The molecule has 0 aliphatic carbocycles. The van der Waals surface area contributed by atoms with E-state index >= 15 is 0 Å². The summed E-state index contributed by atoms with van der Waals surface area (Å²) >= 11 is 0. The topological polar surface area (TPSA) is 53.1 Å². The lowest BCUT2D eigenvalue weighted by Crippen LogP contribution is -2.53. The zero-order valence-corrected chi connectivity index (χ0v) is 14.6. The van der Waals surface area contributed by atoms with E-state index in [0.717, 1.165) is 0 Å². The van der Waals surface area contributed by atoms with Crippen LogP contribution in [0.1, 0.15) is 19.8 Å². The van der Waals surface area contributed by atoms with Gasteiger partial charge in [-0.25, -0.2) is 0 Å². The summed E-state index contributed by atoms with van der Waals surface area (Å²) in [6, 6.07) is 0. The molecule has 2 saturated heterocycles. The van der Waals surface area contributed by atoms with Crippen LogP contribution in [-0.4, -0.2) is 91.7 Å². The summed E-state index contributed by atoms with van der Waals surface area (Å²) in [4.78, 5) is 29.1. The number of halogens is 3. The van der Waals surface area contributed by atoms with Crippen molar-refractivity contribution in [3.63, 3.8) is 0 Å². The number of hydrogen-bond donors (Lipinski definition) is 0. The minimum Gasteiger partial charge on any atom is -0.372 e. The molecular weight excluding hydrogens is 339 g/mol. The van der Waals surface area contributed by atoms with Gasteiger partial charge in [-0.15, -0.1) is 0 Å². The van der Waals surface area contributed by atoms with Gasteiger partial charge >= 0.3 is 6.18 Å². The molecule has 144 valence electrons. The second-order valence-electron chi connectivity index (χ2n) is 6.51. The van der Waals surface area contributed by atoms with Crippen molar-refractivity contribution in [2.24, 2.45) is 5.92 Å². The molecule has 0 bridgehead atoms. The molecule has 2 aliphatic heterocycles. The first-order valence-corrected chi connectivity index (χ1v) is 8.73. The molecular formula is C16H26F3N3O3. The van der Waals surface area contributed by atoms with Crippen molar-refractivity contribution >= 4 is 11.8 Å². The summed E-state index contributed by atoms with van der Waals surface area (Å²) in [5, 5.41) is 0. The number of alkyl halides is 3. The Morgan fingerprint density at radius 1 is 1.00 bits per heavy atom. The highest BCUT2D eigenvalue weighted by Gasteiger charge is 2.35. The van der Waals surface area contributed by atoms with E-state index in [2.05, 4.69) is 0 Å². The Kier molecular flexibility index (Phi) is 7.06. The summed E-state index contributed by atoms with van der Waals surface area (Å²) in [5.41, 5.74) is 0. The second kappa shape index (κ2) is 8.84. The first kappa shape index (κ1) is 20.0. The van der Waals surface area contributed by atoms with E-state index < -0.39 is 12.7 Å². The van der Waals surface area contributed by atoms with Crippen molar-refractivity contribution in [2.45, 2.75) is 25.9 Å². The van der Waals surface area contributed by atoms with Gasteiger partial charge < -0.3 is 14.5 Å². The molecule has 0 spiro atoms. The predicted molar refractivity (Wildman–Crippen MR) is 84.9 cm³/mol. The third kappa shape index (κ3) is 6.14. The van der Waals surface area contributed by atoms with Gasteiger partial charge in [0.05, 0.1) is 6.54 Å². The lowest BCUT2D eigenvalue weighted by atomic mass is 9.95. The molecule has 2 heterocycles. The summed E-state index contributed by atoms with van der Waals surface area (Å²) in [7, 11) is 0. The fraction of sp³-hybridized carbons (Fsp3) is 0.875. The maximum Gasteiger partial charge on any atom is 0.401 e. The molecule has 2 aliphatic rings. The highest BCUT2D eigenvalue weighted by Crippen LogP contribution is 2.22. The van der Waals surface area contributed by atoms with E-state index in [0.29, 0.717) is 45.6 Å². The normalized spacial score (nSPS) is 20.8. The van der Waals surface area contributed by atoms with Crippen molar-refractivity contribution in [3.8, 4) is 0 Å². The van der Waals surface area contributed by atoms with Gasteiger partial charge in [-0.3, -0.25) is 14.5 Å². The number of piperazine rings is 1. The zero-order chi connectivity index (χ0) is 18.4. The summed E-state index contributed by atoms with van der Waals surface area (Å²) in [6.45, 7) is 3.66. The SMILES string of the molecule is CCOCC(=O)N1CCC(C(=O)N2CCN(CC(F)(F)F)CC2)CC1. The Morgan fingerprint density at radius 2 is 1.60 bits per heavy atom. The molecule has 0 saturated carbocycles. The van der Waals surface area contributed by atoms with E-state index in [4.69, 9.17) is 4.74 Å². The molecule has 0 radical (unpaired) electrons. The molecule has 0 aromatic rings. The maximum absolute atomic E-state index is 12.6. The van der Waals surface area contributed by atoms with E-state index in [1.165, 1.54) is 4.90 Å². The van der Waals surface area contributed by atoms with Gasteiger partial charge in [0.2, 0.25) is 11.8 Å². The van der Waals surface area contributed by atoms with Crippen LogP contribution in [0.2, 0.25) is 0 Å². The molecule has 25 heavy (non-hydrogen) atoms. The number of likely N-dealkylation sites (tertiary alicyclic amines) is 1. The Labute approximate surface area is 145 Å². The van der Waals surface area contributed by atoms with E-state index in [1.807, 2.05) is 6.92 Å². The number of hydrogen-bond acceptors (Lipinski definition) is 4. The van der Waals surface area contributed by atoms with Crippen molar-refractivity contribution in [3.05, 3.63) is 0 Å². The third-order valence-electron chi connectivity index (χ3n) is 4.71.